The monoisotopic (exact) mass is 472 g/mol. The Morgan fingerprint density at radius 1 is 0.970 bits per heavy atom. The van der Waals surface area contributed by atoms with Gasteiger partial charge in [0.25, 0.3) is 5.91 Å². The molecular weight excluding hydrogens is 440 g/mol. The summed E-state index contributed by atoms with van der Waals surface area (Å²) < 4.78 is 33.5. The second kappa shape index (κ2) is 10.5. The van der Waals surface area contributed by atoms with Gasteiger partial charge in [-0.1, -0.05) is 12.8 Å². The lowest BCUT2D eigenvalue weighted by Gasteiger charge is -2.29. The van der Waals surface area contributed by atoms with E-state index in [0.29, 0.717) is 24.5 Å². The van der Waals surface area contributed by atoms with Crippen LogP contribution in [-0.2, 0) is 10.0 Å². The van der Waals surface area contributed by atoms with Gasteiger partial charge in [-0.15, -0.1) is 0 Å². The highest BCUT2D eigenvalue weighted by molar-refractivity contribution is 7.89. The third kappa shape index (κ3) is 5.30. The molecule has 8 nitrogen and oxygen atoms in total. The zero-order chi connectivity index (χ0) is 23.3. The molecule has 2 aliphatic heterocycles. The highest BCUT2D eigenvalue weighted by Crippen LogP contribution is 2.29. The van der Waals surface area contributed by atoms with E-state index >= 15 is 0 Å². The topological polar surface area (TPSA) is 91.8 Å². The lowest BCUT2D eigenvalue weighted by molar-refractivity contribution is 0.102. The smallest absolute Gasteiger partial charge is 0.259 e. The minimum Gasteiger partial charge on any atom is -0.496 e. The summed E-state index contributed by atoms with van der Waals surface area (Å²) >= 11 is 0. The second-order valence-corrected chi connectivity index (χ2v) is 10.5. The van der Waals surface area contributed by atoms with Gasteiger partial charge in [0.2, 0.25) is 10.0 Å². The molecule has 0 bridgehead atoms. The maximum atomic E-state index is 13.3. The first-order chi connectivity index (χ1) is 16.0. The number of nitrogens with zero attached hydrogens (tertiary/aromatic N) is 3. The quantitative estimate of drug-likeness (QED) is 0.686. The molecule has 0 radical (unpaired) electrons. The van der Waals surface area contributed by atoms with Gasteiger partial charge in [0.1, 0.15) is 5.75 Å². The Morgan fingerprint density at radius 2 is 1.64 bits per heavy atom. The van der Waals surface area contributed by atoms with Crippen LogP contribution in [0.2, 0.25) is 0 Å². The van der Waals surface area contributed by atoms with Crippen LogP contribution in [0.3, 0.4) is 0 Å². The van der Waals surface area contributed by atoms with E-state index in [0.717, 1.165) is 57.4 Å². The molecule has 178 valence electrons. The summed E-state index contributed by atoms with van der Waals surface area (Å²) in [5.74, 6) is 0.634. The first-order valence-corrected chi connectivity index (χ1v) is 13.1. The van der Waals surface area contributed by atoms with Gasteiger partial charge >= 0.3 is 0 Å². The predicted octanol–water partition coefficient (Wildman–Crippen LogP) is 3.90. The molecule has 1 amide bonds. The number of amides is 1. The van der Waals surface area contributed by atoms with Crippen molar-refractivity contribution < 1.29 is 17.9 Å². The lowest BCUT2D eigenvalue weighted by Crippen LogP contribution is -2.32. The van der Waals surface area contributed by atoms with E-state index < -0.39 is 15.9 Å². The molecule has 2 aromatic rings. The van der Waals surface area contributed by atoms with Gasteiger partial charge in [-0.2, -0.15) is 4.31 Å². The van der Waals surface area contributed by atoms with Gasteiger partial charge in [-0.3, -0.25) is 4.79 Å². The van der Waals surface area contributed by atoms with Crippen molar-refractivity contribution in [1.29, 1.82) is 0 Å². The van der Waals surface area contributed by atoms with Crippen LogP contribution in [0.5, 0.6) is 5.75 Å². The van der Waals surface area contributed by atoms with Gasteiger partial charge in [0, 0.05) is 32.4 Å². The van der Waals surface area contributed by atoms with Crippen LogP contribution in [0.15, 0.2) is 41.4 Å². The highest BCUT2D eigenvalue weighted by Gasteiger charge is 2.27. The van der Waals surface area contributed by atoms with Crippen molar-refractivity contribution >= 4 is 27.4 Å². The standard InChI is InChI=1S/C24H32N4O4S/c1-32-22-12-11-19(33(30,31)28-16-7-2-3-8-17-28)18-20(22)24(29)26-21-10-9-13-25-23(21)27-14-5-4-6-15-27/h9-13,18H,2-8,14-17H2,1H3,(H,26,29). The summed E-state index contributed by atoms with van der Waals surface area (Å²) in [6, 6.07) is 8.08. The zero-order valence-corrected chi connectivity index (χ0v) is 19.9. The molecule has 1 aromatic heterocycles. The van der Waals surface area contributed by atoms with Gasteiger partial charge in [0.15, 0.2) is 5.82 Å². The Morgan fingerprint density at radius 3 is 2.33 bits per heavy atom. The third-order valence-electron chi connectivity index (χ3n) is 6.31. The first kappa shape index (κ1) is 23.5. The van der Waals surface area contributed by atoms with Crippen LogP contribution >= 0.6 is 0 Å². The number of carbonyl (C=O) groups excluding carboxylic acids is 1. The van der Waals surface area contributed by atoms with E-state index in [2.05, 4.69) is 15.2 Å². The predicted molar refractivity (Wildman–Crippen MR) is 128 cm³/mol. The molecule has 0 spiro atoms. The lowest BCUT2D eigenvalue weighted by atomic mass is 10.1. The number of carbonyl (C=O) groups is 1. The number of benzene rings is 1. The van der Waals surface area contributed by atoms with Crippen LogP contribution in [0.1, 0.15) is 55.3 Å². The number of pyridine rings is 1. The summed E-state index contributed by atoms with van der Waals surface area (Å²) in [7, 11) is -2.22. The second-order valence-electron chi connectivity index (χ2n) is 8.56. The minimum atomic E-state index is -3.69. The number of piperidine rings is 1. The van der Waals surface area contributed by atoms with Crippen molar-refractivity contribution in [2.45, 2.75) is 49.8 Å². The van der Waals surface area contributed by atoms with Gasteiger partial charge in [0.05, 0.1) is 23.3 Å². The maximum absolute atomic E-state index is 13.3. The minimum absolute atomic E-state index is 0.109. The number of nitrogens with one attached hydrogen (secondary N) is 1. The Labute approximate surface area is 196 Å². The van der Waals surface area contributed by atoms with Gasteiger partial charge < -0.3 is 15.0 Å². The number of methoxy groups -OCH3 is 1. The number of anilines is 2. The molecule has 33 heavy (non-hydrogen) atoms. The van der Waals surface area contributed by atoms with Gasteiger partial charge in [-0.25, -0.2) is 13.4 Å². The van der Waals surface area contributed by atoms with Crippen LogP contribution in [-0.4, -0.2) is 56.9 Å². The van der Waals surface area contributed by atoms with E-state index in [1.54, 1.807) is 18.3 Å². The van der Waals surface area contributed by atoms with Crippen molar-refractivity contribution in [1.82, 2.24) is 9.29 Å². The van der Waals surface area contributed by atoms with E-state index in [1.165, 1.54) is 30.0 Å². The summed E-state index contributed by atoms with van der Waals surface area (Å²) in [4.78, 5) is 20.1. The molecule has 2 fully saturated rings. The summed E-state index contributed by atoms with van der Waals surface area (Å²) in [5.41, 5.74) is 0.786. The Balaban J connectivity index is 1.62. The summed E-state index contributed by atoms with van der Waals surface area (Å²) in [6.07, 6.45) is 8.86. The van der Waals surface area contributed by atoms with Crippen LogP contribution in [0.4, 0.5) is 11.5 Å². The Kier molecular flexibility index (Phi) is 7.49. The number of sulfonamides is 1. The van der Waals surface area contributed by atoms with E-state index in [4.69, 9.17) is 4.74 Å². The molecule has 1 N–H and O–H groups in total. The van der Waals surface area contributed by atoms with E-state index in [1.807, 2.05) is 6.07 Å². The van der Waals surface area contributed by atoms with Crippen molar-refractivity contribution in [2.24, 2.45) is 0 Å². The molecule has 3 heterocycles. The van der Waals surface area contributed by atoms with Crippen molar-refractivity contribution in [3.8, 4) is 5.75 Å². The fourth-order valence-corrected chi connectivity index (χ4v) is 6.04. The number of rotatable bonds is 6. The Bertz CT molecular complexity index is 1080. The fraction of sp³-hybridized carbons (Fsp3) is 0.500. The molecule has 0 unspecified atom stereocenters. The summed E-state index contributed by atoms with van der Waals surface area (Å²) in [5, 5.41) is 2.94. The first-order valence-electron chi connectivity index (χ1n) is 11.7. The SMILES string of the molecule is COc1ccc(S(=O)(=O)N2CCCCCC2)cc1C(=O)Nc1cccnc1N1CCCCC1. The number of aromatic nitrogens is 1. The van der Waals surface area contributed by atoms with Crippen LogP contribution in [0, 0.1) is 0 Å². The number of hydrogen-bond acceptors (Lipinski definition) is 6. The summed E-state index contributed by atoms with van der Waals surface area (Å²) in [6.45, 7) is 2.80. The molecule has 0 atom stereocenters. The Hall–Kier alpha value is -2.65. The highest BCUT2D eigenvalue weighted by atomic mass is 32.2. The third-order valence-corrected chi connectivity index (χ3v) is 8.20. The zero-order valence-electron chi connectivity index (χ0n) is 19.1. The number of hydrogen-bond donors (Lipinski definition) is 1. The molecule has 0 saturated carbocycles. The van der Waals surface area contributed by atoms with Crippen molar-refractivity contribution in [3.63, 3.8) is 0 Å². The average molecular weight is 473 g/mol. The van der Waals surface area contributed by atoms with Crippen molar-refractivity contribution in [2.75, 3.05) is 43.5 Å². The molecule has 9 heteroatoms. The number of ether oxygens (including phenoxy) is 1. The molecule has 4 rings (SSSR count). The van der Waals surface area contributed by atoms with Gasteiger partial charge in [-0.05, 0) is 62.4 Å². The molecule has 0 aliphatic carbocycles. The molecule has 2 saturated heterocycles. The normalized spacial score (nSPS) is 17.9. The molecule has 1 aromatic carbocycles. The maximum Gasteiger partial charge on any atom is 0.259 e. The van der Waals surface area contributed by atoms with E-state index in [-0.39, 0.29) is 10.5 Å². The average Bonchev–Trinajstić information content (AvgIpc) is 3.15. The largest absolute Gasteiger partial charge is 0.496 e. The van der Waals surface area contributed by atoms with E-state index in [9.17, 15) is 13.2 Å². The molecule has 2 aliphatic rings. The van der Waals surface area contributed by atoms with Crippen LogP contribution in [0.25, 0.3) is 0 Å². The fourth-order valence-electron chi connectivity index (χ4n) is 4.50. The molecular formula is C24H32N4O4S. The van der Waals surface area contributed by atoms with Crippen molar-refractivity contribution in [3.05, 3.63) is 42.1 Å². The van der Waals surface area contributed by atoms with Crippen LogP contribution < -0.4 is 15.0 Å².